The Bertz CT molecular complexity index is 379. The summed E-state index contributed by atoms with van der Waals surface area (Å²) < 4.78 is 0. The number of hydrogen-bond acceptors (Lipinski definition) is 5. The molecule has 0 fully saturated rings. The molecule has 0 bridgehead atoms. The number of aromatic nitrogens is 2. The van der Waals surface area contributed by atoms with E-state index in [1.165, 1.54) is 23.6 Å². The zero-order valence-corrected chi connectivity index (χ0v) is 8.87. The molecule has 1 heterocycles. The SMILES string of the molecule is CCN(CC(N)=NO)C(=O)c1cncnc1. The van der Waals surface area contributed by atoms with Gasteiger partial charge in [-0.3, -0.25) is 4.79 Å². The molecule has 1 aromatic heterocycles. The van der Waals surface area contributed by atoms with Crippen molar-refractivity contribution < 1.29 is 10.0 Å². The minimum absolute atomic E-state index is 0.0213. The smallest absolute Gasteiger partial charge is 0.257 e. The van der Waals surface area contributed by atoms with E-state index in [4.69, 9.17) is 10.9 Å². The molecule has 7 heteroatoms. The average Bonchev–Trinajstić information content (AvgIpc) is 2.35. The van der Waals surface area contributed by atoms with E-state index in [9.17, 15) is 4.79 Å². The van der Waals surface area contributed by atoms with Gasteiger partial charge in [0.15, 0.2) is 5.84 Å². The summed E-state index contributed by atoms with van der Waals surface area (Å²) in [6, 6.07) is 0. The molecule has 0 aromatic carbocycles. The second kappa shape index (κ2) is 5.64. The first-order valence-corrected chi connectivity index (χ1v) is 4.69. The molecule has 0 aliphatic heterocycles. The third kappa shape index (κ3) is 2.91. The largest absolute Gasteiger partial charge is 0.409 e. The molecular formula is C9H13N5O2. The molecule has 0 atom stereocenters. The van der Waals surface area contributed by atoms with Crippen molar-refractivity contribution in [2.24, 2.45) is 10.9 Å². The van der Waals surface area contributed by atoms with Crippen LogP contribution in [-0.4, -0.2) is 44.9 Å². The number of carbonyl (C=O) groups excluding carboxylic acids is 1. The summed E-state index contributed by atoms with van der Waals surface area (Å²) in [4.78, 5) is 20.8. The Morgan fingerprint density at radius 2 is 2.19 bits per heavy atom. The third-order valence-electron chi connectivity index (χ3n) is 1.96. The molecule has 1 amide bonds. The standard InChI is InChI=1S/C9H13N5O2/c1-2-14(5-8(10)13-16)9(15)7-3-11-6-12-4-7/h3-4,6,16H,2,5H2,1H3,(H2,10,13). The van der Waals surface area contributed by atoms with Gasteiger partial charge < -0.3 is 15.8 Å². The Labute approximate surface area is 92.6 Å². The van der Waals surface area contributed by atoms with Gasteiger partial charge in [0.05, 0.1) is 12.1 Å². The number of nitrogens with two attached hydrogens (primary N) is 1. The highest BCUT2D eigenvalue weighted by atomic mass is 16.4. The first-order valence-electron chi connectivity index (χ1n) is 4.69. The van der Waals surface area contributed by atoms with Gasteiger partial charge in [0.25, 0.3) is 5.91 Å². The Morgan fingerprint density at radius 3 is 2.69 bits per heavy atom. The summed E-state index contributed by atoms with van der Waals surface area (Å²) in [7, 11) is 0. The van der Waals surface area contributed by atoms with Crippen molar-refractivity contribution in [1.29, 1.82) is 0 Å². The lowest BCUT2D eigenvalue weighted by molar-refractivity contribution is 0.0785. The van der Waals surface area contributed by atoms with Crippen molar-refractivity contribution in [3.8, 4) is 0 Å². The number of carbonyl (C=O) groups is 1. The highest BCUT2D eigenvalue weighted by Crippen LogP contribution is 2.01. The van der Waals surface area contributed by atoms with Crippen LogP contribution in [0.3, 0.4) is 0 Å². The molecule has 0 radical (unpaired) electrons. The monoisotopic (exact) mass is 223 g/mol. The molecule has 0 saturated heterocycles. The number of nitrogens with zero attached hydrogens (tertiary/aromatic N) is 4. The van der Waals surface area contributed by atoms with Crippen LogP contribution in [0, 0.1) is 0 Å². The maximum absolute atomic E-state index is 11.9. The van der Waals surface area contributed by atoms with Crippen LogP contribution in [0.15, 0.2) is 23.9 Å². The molecule has 3 N–H and O–H groups in total. The fourth-order valence-corrected chi connectivity index (χ4v) is 1.15. The summed E-state index contributed by atoms with van der Waals surface area (Å²) in [5.41, 5.74) is 5.71. The van der Waals surface area contributed by atoms with Crippen molar-refractivity contribution in [1.82, 2.24) is 14.9 Å². The second-order valence-corrected chi connectivity index (χ2v) is 3.04. The zero-order valence-electron chi connectivity index (χ0n) is 8.87. The first-order chi connectivity index (χ1) is 7.69. The van der Waals surface area contributed by atoms with E-state index >= 15 is 0 Å². The average molecular weight is 223 g/mol. The van der Waals surface area contributed by atoms with Gasteiger partial charge in [-0.25, -0.2) is 9.97 Å². The normalized spacial score (nSPS) is 11.2. The van der Waals surface area contributed by atoms with Crippen LogP contribution in [-0.2, 0) is 0 Å². The van der Waals surface area contributed by atoms with Gasteiger partial charge in [-0.2, -0.15) is 0 Å². The van der Waals surface area contributed by atoms with Crippen molar-refractivity contribution in [2.75, 3.05) is 13.1 Å². The molecule has 86 valence electrons. The third-order valence-corrected chi connectivity index (χ3v) is 1.96. The molecule has 1 aromatic rings. The van der Waals surface area contributed by atoms with E-state index in [0.29, 0.717) is 12.1 Å². The van der Waals surface area contributed by atoms with Gasteiger partial charge in [-0.1, -0.05) is 5.16 Å². The number of likely N-dealkylation sites (N-methyl/N-ethyl adjacent to an activating group) is 1. The van der Waals surface area contributed by atoms with E-state index in [0.717, 1.165) is 0 Å². The van der Waals surface area contributed by atoms with Crippen LogP contribution >= 0.6 is 0 Å². The van der Waals surface area contributed by atoms with E-state index in [2.05, 4.69) is 15.1 Å². The molecule has 0 aliphatic carbocycles. The van der Waals surface area contributed by atoms with Crippen LogP contribution in [0.5, 0.6) is 0 Å². The van der Waals surface area contributed by atoms with Crippen molar-refractivity contribution in [2.45, 2.75) is 6.92 Å². The minimum atomic E-state index is -0.255. The van der Waals surface area contributed by atoms with Crippen molar-refractivity contribution >= 4 is 11.7 Å². The lowest BCUT2D eigenvalue weighted by atomic mass is 10.3. The quantitative estimate of drug-likeness (QED) is 0.315. The Balaban J connectivity index is 2.78. The Hall–Kier alpha value is -2.18. The van der Waals surface area contributed by atoms with Gasteiger partial charge in [-0.15, -0.1) is 0 Å². The van der Waals surface area contributed by atoms with Gasteiger partial charge in [0, 0.05) is 18.9 Å². The van der Waals surface area contributed by atoms with Crippen molar-refractivity contribution in [3.63, 3.8) is 0 Å². The van der Waals surface area contributed by atoms with Gasteiger partial charge in [0.1, 0.15) is 6.33 Å². The summed E-state index contributed by atoms with van der Waals surface area (Å²) >= 11 is 0. The lowest BCUT2D eigenvalue weighted by Gasteiger charge is -2.19. The van der Waals surface area contributed by atoms with Crippen LogP contribution in [0.4, 0.5) is 0 Å². The van der Waals surface area contributed by atoms with Crippen LogP contribution in [0.25, 0.3) is 0 Å². The number of amidine groups is 1. The van der Waals surface area contributed by atoms with Gasteiger partial charge in [0.2, 0.25) is 0 Å². The van der Waals surface area contributed by atoms with E-state index in [1.54, 1.807) is 6.92 Å². The summed E-state index contributed by atoms with van der Waals surface area (Å²) in [5.74, 6) is -0.276. The molecule has 7 nitrogen and oxygen atoms in total. The van der Waals surface area contributed by atoms with Gasteiger partial charge in [-0.05, 0) is 6.92 Å². The fraction of sp³-hybridized carbons (Fsp3) is 0.333. The number of oxime groups is 1. The van der Waals surface area contributed by atoms with E-state index < -0.39 is 0 Å². The summed E-state index contributed by atoms with van der Waals surface area (Å²) in [5, 5.41) is 11.3. The van der Waals surface area contributed by atoms with E-state index in [1.807, 2.05) is 0 Å². The maximum Gasteiger partial charge on any atom is 0.257 e. The summed E-state index contributed by atoms with van der Waals surface area (Å²) in [6.07, 6.45) is 4.19. The van der Waals surface area contributed by atoms with Gasteiger partial charge >= 0.3 is 0 Å². The van der Waals surface area contributed by atoms with E-state index in [-0.39, 0.29) is 18.3 Å². The molecular weight excluding hydrogens is 210 g/mol. The zero-order chi connectivity index (χ0) is 12.0. The molecule has 0 spiro atoms. The lowest BCUT2D eigenvalue weighted by Crippen LogP contribution is -2.38. The maximum atomic E-state index is 11.9. The number of rotatable bonds is 4. The van der Waals surface area contributed by atoms with Crippen LogP contribution < -0.4 is 5.73 Å². The topological polar surface area (TPSA) is 105 Å². The highest BCUT2D eigenvalue weighted by molar-refractivity contribution is 5.96. The minimum Gasteiger partial charge on any atom is -0.409 e. The molecule has 0 saturated carbocycles. The molecule has 0 aliphatic rings. The highest BCUT2D eigenvalue weighted by Gasteiger charge is 2.15. The first kappa shape index (κ1) is 11.9. The van der Waals surface area contributed by atoms with Crippen molar-refractivity contribution in [3.05, 3.63) is 24.3 Å². The molecule has 0 unspecified atom stereocenters. The molecule has 1 rings (SSSR count). The predicted octanol–water partition coefficient (Wildman–Crippen LogP) is -0.315. The Morgan fingerprint density at radius 1 is 1.56 bits per heavy atom. The predicted molar refractivity (Wildman–Crippen MR) is 57.0 cm³/mol. The number of amides is 1. The molecule has 16 heavy (non-hydrogen) atoms. The Kier molecular flexibility index (Phi) is 4.19. The summed E-state index contributed by atoms with van der Waals surface area (Å²) in [6.45, 7) is 2.32. The van der Waals surface area contributed by atoms with Crippen LogP contribution in [0.2, 0.25) is 0 Å². The second-order valence-electron chi connectivity index (χ2n) is 3.04. The fourth-order valence-electron chi connectivity index (χ4n) is 1.15. The number of hydrogen-bond donors (Lipinski definition) is 2. The van der Waals surface area contributed by atoms with Crippen LogP contribution in [0.1, 0.15) is 17.3 Å².